The van der Waals surface area contributed by atoms with Gasteiger partial charge in [0.15, 0.2) is 0 Å². The number of allylic oxidation sites excluding steroid dienone is 1. The summed E-state index contributed by atoms with van der Waals surface area (Å²) in [7, 11) is 1.79. The van der Waals surface area contributed by atoms with E-state index in [2.05, 4.69) is 15.3 Å². The summed E-state index contributed by atoms with van der Waals surface area (Å²) in [6, 6.07) is 5.41. The zero-order valence-electron chi connectivity index (χ0n) is 9.44. The molecule has 0 unspecified atom stereocenters. The van der Waals surface area contributed by atoms with Crippen molar-refractivity contribution in [2.24, 2.45) is 0 Å². The van der Waals surface area contributed by atoms with Crippen molar-refractivity contribution in [2.75, 3.05) is 12.8 Å². The van der Waals surface area contributed by atoms with Crippen LogP contribution in [0.2, 0.25) is 0 Å². The van der Waals surface area contributed by atoms with Crippen molar-refractivity contribution in [1.82, 2.24) is 15.3 Å². The van der Waals surface area contributed by atoms with Crippen LogP contribution in [-0.4, -0.2) is 23.2 Å². The molecule has 2 heterocycles. The number of nitrogens with one attached hydrogen (secondary N) is 2. The molecular weight excluding hydrogens is 214 g/mol. The molecule has 86 valence electrons. The van der Waals surface area contributed by atoms with Gasteiger partial charge in [-0.2, -0.15) is 0 Å². The van der Waals surface area contributed by atoms with Crippen molar-refractivity contribution in [3.63, 3.8) is 0 Å². The summed E-state index contributed by atoms with van der Waals surface area (Å²) in [6.07, 6.45) is 4.72. The lowest BCUT2D eigenvalue weighted by atomic mass is 10.1. The number of nitrogens with two attached hydrogens (primary N) is 1. The number of anilines is 1. The number of hydrogen-bond donors (Lipinski definition) is 3. The third-order valence-electron chi connectivity index (χ3n) is 2.35. The highest BCUT2D eigenvalue weighted by Crippen LogP contribution is 2.17. The van der Waals surface area contributed by atoms with Gasteiger partial charge in [-0.05, 0) is 18.2 Å². The van der Waals surface area contributed by atoms with Gasteiger partial charge < -0.3 is 16.5 Å². The third-order valence-corrected chi connectivity index (χ3v) is 2.35. The lowest BCUT2D eigenvalue weighted by Crippen LogP contribution is -1.98. The molecule has 5 heteroatoms. The molecule has 0 aliphatic heterocycles. The van der Waals surface area contributed by atoms with Gasteiger partial charge in [-0.3, -0.25) is 4.98 Å². The van der Waals surface area contributed by atoms with Gasteiger partial charge in [0.2, 0.25) is 0 Å². The molecule has 0 aromatic carbocycles. The van der Waals surface area contributed by atoms with Gasteiger partial charge in [0.25, 0.3) is 0 Å². The van der Waals surface area contributed by atoms with Crippen molar-refractivity contribution in [1.29, 1.82) is 5.41 Å². The Morgan fingerprint density at radius 3 is 2.94 bits per heavy atom. The van der Waals surface area contributed by atoms with Crippen LogP contribution in [0.1, 0.15) is 5.56 Å². The Bertz CT molecular complexity index is 588. The predicted molar refractivity (Wildman–Crippen MR) is 69.8 cm³/mol. The van der Waals surface area contributed by atoms with Crippen LogP contribution in [0.15, 0.2) is 30.6 Å². The van der Waals surface area contributed by atoms with Crippen LogP contribution in [0.5, 0.6) is 0 Å². The van der Waals surface area contributed by atoms with E-state index in [0.717, 1.165) is 22.2 Å². The van der Waals surface area contributed by atoms with Crippen molar-refractivity contribution < 1.29 is 0 Å². The monoisotopic (exact) mass is 227 g/mol. The van der Waals surface area contributed by atoms with E-state index in [4.69, 9.17) is 11.1 Å². The number of hydrogen-bond acceptors (Lipinski definition) is 5. The first-order valence-electron chi connectivity index (χ1n) is 5.15. The number of aromatic nitrogens is 2. The van der Waals surface area contributed by atoms with E-state index in [1.165, 1.54) is 6.21 Å². The molecule has 2 aromatic heterocycles. The van der Waals surface area contributed by atoms with Crippen molar-refractivity contribution in [3.8, 4) is 0 Å². The highest BCUT2D eigenvalue weighted by atomic mass is 14.8. The van der Waals surface area contributed by atoms with E-state index in [9.17, 15) is 0 Å². The molecule has 0 aliphatic rings. The van der Waals surface area contributed by atoms with Gasteiger partial charge in [0.1, 0.15) is 5.82 Å². The van der Waals surface area contributed by atoms with Gasteiger partial charge in [-0.1, -0.05) is 0 Å². The lowest BCUT2D eigenvalue weighted by Gasteiger charge is -2.03. The first kappa shape index (κ1) is 11.1. The average Bonchev–Trinajstić information content (AvgIpc) is 2.35. The smallest absolute Gasteiger partial charge is 0.124 e. The summed E-state index contributed by atoms with van der Waals surface area (Å²) in [4.78, 5) is 8.49. The Morgan fingerprint density at radius 1 is 1.41 bits per heavy atom. The first-order chi connectivity index (χ1) is 8.24. The topological polar surface area (TPSA) is 87.7 Å². The molecule has 0 aliphatic carbocycles. The van der Waals surface area contributed by atoms with Crippen molar-refractivity contribution in [3.05, 3.63) is 36.2 Å². The number of nitrogens with zero attached hydrogens (tertiary/aromatic N) is 2. The van der Waals surface area contributed by atoms with E-state index in [1.807, 2.05) is 12.1 Å². The molecule has 4 N–H and O–H groups in total. The number of rotatable bonds is 3. The first-order valence-corrected chi connectivity index (χ1v) is 5.15. The molecule has 0 spiro atoms. The number of nitrogen functional groups attached to an aromatic ring is 1. The lowest BCUT2D eigenvalue weighted by molar-refractivity contribution is 1.11. The summed E-state index contributed by atoms with van der Waals surface area (Å²) in [6.45, 7) is 0. The molecule has 0 atom stereocenters. The minimum atomic E-state index is 0.463. The molecule has 0 saturated heterocycles. The minimum absolute atomic E-state index is 0.463. The molecule has 0 amide bonds. The average molecular weight is 227 g/mol. The summed E-state index contributed by atoms with van der Waals surface area (Å²) in [5.74, 6) is 0.463. The van der Waals surface area contributed by atoms with Crippen LogP contribution in [0.25, 0.3) is 16.6 Å². The molecule has 2 aromatic rings. The highest BCUT2D eigenvalue weighted by molar-refractivity contribution is 6.08. The maximum atomic E-state index is 7.34. The van der Waals surface area contributed by atoms with E-state index in [-0.39, 0.29) is 0 Å². The zero-order chi connectivity index (χ0) is 12.3. The van der Waals surface area contributed by atoms with E-state index < -0.39 is 0 Å². The van der Waals surface area contributed by atoms with Gasteiger partial charge >= 0.3 is 0 Å². The molecule has 17 heavy (non-hydrogen) atoms. The van der Waals surface area contributed by atoms with E-state index in [1.54, 1.807) is 25.5 Å². The zero-order valence-corrected chi connectivity index (χ0v) is 9.44. The molecule has 0 radical (unpaired) electrons. The fourth-order valence-electron chi connectivity index (χ4n) is 1.54. The maximum absolute atomic E-state index is 7.34. The Hall–Kier alpha value is -2.43. The highest BCUT2D eigenvalue weighted by Gasteiger charge is 2.02. The summed E-state index contributed by atoms with van der Waals surface area (Å²) in [5, 5.41) is 10.2. The Labute approximate surface area is 98.9 Å². The van der Waals surface area contributed by atoms with Crippen LogP contribution in [0.4, 0.5) is 5.82 Å². The van der Waals surface area contributed by atoms with Gasteiger partial charge in [0, 0.05) is 36.8 Å². The van der Waals surface area contributed by atoms with Crippen LogP contribution < -0.4 is 11.1 Å². The van der Waals surface area contributed by atoms with E-state index in [0.29, 0.717) is 5.82 Å². The fraction of sp³-hybridized carbons (Fsp3) is 0.0833. The Kier molecular flexibility index (Phi) is 3.00. The normalized spacial score (nSPS) is 11.5. The van der Waals surface area contributed by atoms with Gasteiger partial charge in [0.05, 0.1) is 11.0 Å². The summed E-state index contributed by atoms with van der Waals surface area (Å²) < 4.78 is 0. The molecular formula is C12H13N5. The fourth-order valence-corrected chi connectivity index (χ4v) is 1.54. The van der Waals surface area contributed by atoms with E-state index >= 15 is 0 Å². The minimum Gasteiger partial charge on any atom is -0.393 e. The van der Waals surface area contributed by atoms with Crippen LogP contribution in [0.3, 0.4) is 0 Å². The Balaban J connectivity index is 2.57. The second-order valence-electron chi connectivity index (χ2n) is 3.53. The summed E-state index contributed by atoms with van der Waals surface area (Å²) in [5.41, 5.74) is 8.72. The van der Waals surface area contributed by atoms with Crippen LogP contribution in [0, 0.1) is 5.41 Å². The van der Waals surface area contributed by atoms with Crippen LogP contribution in [-0.2, 0) is 0 Å². The van der Waals surface area contributed by atoms with Crippen LogP contribution >= 0.6 is 0 Å². The largest absolute Gasteiger partial charge is 0.393 e. The third kappa shape index (κ3) is 2.23. The SMILES string of the molecule is CN/C=C(\C=N)c1cnc2ccc(N)nc2c1. The standard InChI is InChI=1S/C12H13N5/c1-15-6-9(5-13)8-4-11-10(16-7-8)2-3-12(14)17-11/h2-7,13,15H,1H3,(H2,14,17)/b9-6+,13-5?. The molecule has 2 rings (SSSR count). The molecule has 0 fully saturated rings. The predicted octanol–water partition coefficient (Wildman–Crippen LogP) is 1.42. The number of pyridine rings is 2. The Morgan fingerprint density at radius 2 is 2.24 bits per heavy atom. The molecule has 5 nitrogen and oxygen atoms in total. The molecule has 0 saturated carbocycles. The molecule has 0 bridgehead atoms. The number of fused-ring (bicyclic) bond motifs is 1. The second kappa shape index (κ2) is 4.61. The quantitative estimate of drug-likeness (QED) is 0.692. The maximum Gasteiger partial charge on any atom is 0.124 e. The van der Waals surface area contributed by atoms with Gasteiger partial charge in [-0.15, -0.1) is 0 Å². The summed E-state index contributed by atoms with van der Waals surface area (Å²) >= 11 is 0. The second-order valence-corrected chi connectivity index (χ2v) is 3.53. The van der Waals surface area contributed by atoms with Gasteiger partial charge in [-0.25, -0.2) is 4.98 Å². The van der Waals surface area contributed by atoms with Crippen molar-refractivity contribution >= 4 is 28.6 Å². The van der Waals surface area contributed by atoms with Crippen molar-refractivity contribution in [2.45, 2.75) is 0 Å².